The number of nitrogens with one attached hydrogen (secondary N) is 1. The third-order valence-corrected chi connectivity index (χ3v) is 6.27. The van der Waals surface area contributed by atoms with Crippen molar-refractivity contribution in [2.45, 2.75) is 18.9 Å². The van der Waals surface area contributed by atoms with Crippen molar-refractivity contribution < 1.29 is 4.74 Å². The van der Waals surface area contributed by atoms with Crippen molar-refractivity contribution in [3.63, 3.8) is 0 Å². The molecular formula is C24H19Cl2N5O2. The number of rotatable bonds is 4. The zero-order valence-electron chi connectivity index (χ0n) is 17.5. The van der Waals surface area contributed by atoms with Crippen LogP contribution in [0.15, 0.2) is 59.5 Å². The molecule has 2 aromatic carbocycles. The molecule has 1 aliphatic heterocycles. The fourth-order valence-corrected chi connectivity index (χ4v) is 4.31. The molecule has 1 aliphatic rings. The SMILES string of the molecule is N#Cc1c(N2CCC(Oc3ccc(Cl)cc3)CC2)nn2c(=O)c(-c3ccc(Cl)cc3)c[nH]c12. The lowest BCUT2D eigenvalue weighted by Crippen LogP contribution is -2.38. The van der Waals surface area contributed by atoms with E-state index in [0.29, 0.717) is 45.7 Å². The summed E-state index contributed by atoms with van der Waals surface area (Å²) in [7, 11) is 0. The molecule has 3 heterocycles. The van der Waals surface area contributed by atoms with Crippen molar-refractivity contribution in [3.05, 3.63) is 80.7 Å². The van der Waals surface area contributed by atoms with Crippen molar-refractivity contribution in [1.29, 1.82) is 5.26 Å². The van der Waals surface area contributed by atoms with Gasteiger partial charge in [-0.1, -0.05) is 35.3 Å². The normalized spacial score (nSPS) is 14.4. The van der Waals surface area contributed by atoms with Crippen LogP contribution in [0.4, 0.5) is 5.82 Å². The van der Waals surface area contributed by atoms with Crippen molar-refractivity contribution in [3.8, 4) is 22.9 Å². The minimum absolute atomic E-state index is 0.0585. The molecule has 1 N–H and O–H groups in total. The van der Waals surface area contributed by atoms with Gasteiger partial charge < -0.3 is 14.6 Å². The van der Waals surface area contributed by atoms with Crippen molar-refractivity contribution >= 4 is 34.7 Å². The maximum Gasteiger partial charge on any atom is 0.282 e. The van der Waals surface area contributed by atoms with E-state index in [2.05, 4.69) is 16.2 Å². The second-order valence-corrected chi connectivity index (χ2v) is 8.72. The first kappa shape index (κ1) is 21.4. The summed E-state index contributed by atoms with van der Waals surface area (Å²) in [5, 5.41) is 15.6. The van der Waals surface area contributed by atoms with Gasteiger partial charge in [0.2, 0.25) is 0 Å². The summed E-state index contributed by atoms with van der Waals surface area (Å²) in [6.07, 6.45) is 3.21. The summed E-state index contributed by atoms with van der Waals surface area (Å²) in [6.45, 7) is 1.32. The molecule has 0 atom stereocenters. The van der Waals surface area contributed by atoms with E-state index in [-0.39, 0.29) is 11.7 Å². The summed E-state index contributed by atoms with van der Waals surface area (Å²) in [5.41, 5.74) is 1.61. The molecule has 0 aliphatic carbocycles. The predicted octanol–water partition coefficient (Wildman–Crippen LogP) is 4.92. The Morgan fingerprint density at radius 3 is 2.30 bits per heavy atom. The Morgan fingerprint density at radius 2 is 1.67 bits per heavy atom. The molecule has 1 saturated heterocycles. The van der Waals surface area contributed by atoms with E-state index in [0.717, 1.165) is 24.2 Å². The number of piperidine rings is 1. The van der Waals surface area contributed by atoms with Crippen LogP contribution < -0.4 is 15.2 Å². The van der Waals surface area contributed by atoms with Crippen molar-refractivity contribution in [2.75, 3.05) is 18.0 Å². The molecule has 0 amide bonds. The summed E-state index contributed by atoms with van der Waals surface area (Å²) >= 11 is 11.9. The third-order valence-electron chi connectivity index (χ3n) is 5.77. The Kier molecular flexibility index (Phi) is 5.71. The quantitative estimate of drug-likeness (QED) is 0.448. The van der Waals surface area contributed by atoms with Gasteiger partial charge in [0.1, 0.15) is 23.5 Å². The number of anilines is 1. The monoisotopic (exact) mass is 479 g/mol. The Morgan fingerprint density at radius 1 is 1.03 bits per heavy atom. The van der Waals surface area contributed by atoms with Crippen LogP contribution in [0.1, 0.15) is 18.4 Å². The average molecular weight is 480 g/mol. The number of halogens is 2. The van der Waals surface area contributed by atoms with Crippen LogP contribution in [0.3, 0.4) is 0 Å². The Labute approximate surface area is 199 Å². The van der Waals surface area contributed by atoms with Gasteiger partial charge in [-0.25, -0.2) is 0 Å². The summed E-state index contributed by atoms with van der Waals surface area (Å²) in [5.74, 6) is 1.28. The first-order valence-electron chi connectivity index (χ1n) is 10.5. The highest BCUT2D eigenvalue weighted by molar-refractivity contribution is 6.30. The molecule has 166 valence electrons. The van der Waals surface area contributed by atoms with E-state index in [1.54, 1.807) is 42.6 Å². The van der Waals surface area contributed by atoms with Gasteiger partial charge in [0.05, 0.1) is 5.56 Å². The topological polar surface area (TPSA) is 86.4 Å². The Balaban J connectivity index is 1.40. The molecule has 4 aromatic rings. The standard InChI is InChI=1S/C24H19Cl2N5O2/c25-16-3-1-15(2-4-16)21-14-28-22-20(13-27)23(29-31(22)24(21)32)30-11-9-19(10-12-30)33-18-7-5-17(26)6-8-18/h1-8,14,19,28H,9-12H2. The van der Waals surface area contributed by atoms with Crippen LogP contribution in [0.25, 0.3) is 16.8 Å². The Bertz CT molecular complexity index is 1400. The number of hydrogen-bond acceptors (Lipinski definition) is 5. The molecule has 0 radical (unpaired) electrons. The Hall–Kier alpha value is -3.47. The largest absolute Gasteiger partial charge is 0.490 e. The van der Waals surface area contributed by atoms with Crippen LogP contribution in [-0.2, 0) is 0 Å². The van der Waals surface area contributed by atoms with E-state index >= 15 is 0 Å². The van der Waals surface area contributed by atoms with Crippen LogP contribution in [-0.4, -0.2) is 33.8 Å². The zero-order valence-corrected chi connectivity index (χ0v) is 19.0. The van der Waals surface area contributed by atoms with Gasteiger partial charge in [-0.15, -0.1) is 5.10 Å². The molecule has 9 heteroatoms. The summed E-state index contributed by atoms with van der Waals surface area (Å²) in [6, 6.07) is 16.5. The molecular weight excluding hydrogens is 461 g/mol. The van der Waals surface area contributed by atoms with Gasteiger partial charge in [-0.3, -0.25) is 4.79 Å². The number of benzene rings is 2. The number of aromatic amines is 1. The zero-order chi connectivity index (χ0) is 22.9. The number of ether oxygens (including phenoxy) is 1. The van der Waals surface area contributed by atoms with Gasteiger partial charge in [-0.05, 0) is 42.0 Å². The molecule has 0 bridgehead atoms. The molecule has 2 aromatic heterocycles. The van der Waals surface area contributed by atoms with Crippen LogP contribution >= 0.6 is 23.2 Å². The van der Waals surface area contributed by atoms with E-state index in [1.165, 1.54) is 4.52 Å². The predicted molar refractivity (Wildman–Crippen MR) is 128 cm³/mol. The van der Waals surface area contributed by atoms with Gasteiger partial charge >= 0.3 is 0 Å². The van der Waals surface area contributed by atoms with Crippen LogP contribution in [0.2, 0.25) is 10.0 Å². The summed E-state index contributed by atoms with van der Waals surface area (Å²) < 4.78 is 7.33. The smallest absolute Gasteiger partial charge is 0.282 e. The molecule has 33 heavy (non-hydrogen) atoms. The fraction of sp³-hybridized carbons (Fsp3) is 0.208. The van der Waals surface area contributed by atoms with Crippen molar-refractivity contribution in [1.82, 2.24) is 14.6 Å². The molecule has 5 rings (SSSR count). The highest BCUT2D eigenvalue weighted by Crippen LogP contribution is 2.27. The van der Waals surface area contributed by atoms with E-state index in [9.17, 15) is 10.1 Å². The minimum Gasteiger partial charge on any atom is -0.490 e. The summed E-state index contributed by atoms with van der Waals surface area (Å²) in [4.78, 5) is 18.3. The van der Waals surface area contributed by atoms with Gasteiger partial charge in [0, 0.05) is 42.2 Å². The lowest BCUT2D eigenvalue weighted by molar-refractivity contribution is 0.170. The number of H-pyrrole nitrogens is 1. The lowest BCUT2D eigenvalue weighted by atomic mass is 10.1. The number of nitrogens with zero attached hydrogens (tertiary/aromatic N) is 4. The van der Waals surface area contributed by atoms with Crippen molar-refractivity contribution in [2.24, 2.45) is 0 Å². The van der Waals surface area contributed by atoms with Crippen LogP contribution in [0.5, 0.6) is 5.75 Å². The lowest BCUT2D eigenvalue weighted by Gasteiger charge is -2.32. The molecule has 0 spiro atoms. The van der Waals surface area contributed by atoms with Gasteiger partial charge in [-0.2, -0.15) is 9.78 Å². The fourth-order valence-electron chi connectivity index (χ4n) is 4.05. The first-order valence-corrected chi connectivity index (χ1v) is 11.3. The molecule has 1 fully saturated rings. The maximum absolute atomic E-state index is 13.1. The van der Waals surface area contributed by atoms with Gasteiger partial charge in [0.25, 0.3) is 5.56 Å². The second-order valence-electron chi connectivity index (χ2n) is 7.84. The highest BCUT2D eigenvalue weighted by atomic mass is 35.5. The second kappa shape index (κ2) is 8.81. The first-order chi connectivity index (χ1) is 16.0. The van der Waals surface area contributed by atoms with E-state index in [4.69, 9.17) is 27.9 Å². The van der Waals surface area contributed by atoms with Crippen LogP contribution in [0, 0.1) is 11.3 Å². The number of fused-ring (bicyclic) bond motifs is 1. The third kappa shape index (κ3) is 4.15. The molecule has 0 saturated carbocycles. The van der Waals surface area contributed by atoms with Gasteiger partial charge in [0.15, 0.2) is 11.5 Å². The van der Waals surface area contributed by atoms with E-state index < -0.39 is 0 Å². The number of hydrogen-bond donors (Lipinski definition) is 1. The minimum atomic E-state index is -0.296. The molecule has 7 nitrogen and oxygen atoms in total. The average Bonchev–Trinajstić information content (AvgIpc) is 3.22. The number of aromatic nitrogens is 3. The van der Waals surface area contributed by atoms with E-state index in [1.807, 2.05) is 17.0 Å². The highest BCUT2D eigenvalue weighted by Gasteiger charge is 2.26. The maximum atomic E-state index is 13.1. The number of nitriles is 1. The molecule has 0 unspecified atom stereocenters.